The molecule has 0 aromatic heterocycles. The van der Waals surface area contributed by atoms with E-state index in [1.54, 1.807) is 18.7 Å². The molecule has 0 amide bonds. The topological polar surface area (TPSA) is 43.4 Å². The van der Waals surface area contributed by atoms with E-state index in [1.165, 1.54) is 0 Å². The highest BCUT2D eigenvalue weighted by atomic mass is 32.2. The number of hydrogen-bond donors (Lipinski definition) is 0. The van der Waals surface area contributed by atoms with E-state index in [2.05, 4.69) is 0 Å². The van der Waals surface area contributed by atoms with Crippen LogP contribution >= 0.6 is 11.8 Å². The maximum atomic E-state index is 11.6. The standard InChI is InChI=1S/C9H16O2S.C6H12O/c1-9(2,3)8(10)4-7-5-11-6-12-7;1-5(7)6(2,3)4/h7H,4-6H2,1-3H3;1-4H3. The van der Waals surface area contributed by atoms with Crippen LogP contribution in [0.5, 0.6) is 0 Å². The minimum atomic E-state index is -0.191. The number of carbonyl (C=O) groups excluding carboxylic acids is 2. The molecule has 3 nitrogen and oxygen atoms in total. The van der Waals surface area contributed by atoms with E-state index in [1.807, 2.05) is 41.5 Å². The quantitative estimate of drug-likeness (QED) is 0.777. The highest BCUT2D eigenvalue weighted by Gasteiger charge is 2.26. The summed E-state index contributed by atoms with van der Waals surface area (Å²) in [5.74, 6) is 1.33. The van der Waals surface area contributed by atoms with E-state index in [4.69, 9.17) is 4.74 Å². The molecule has 1 unspecified atom stereocenters. The number of Topliss-reactive ketones (excluding diaryl/α,β-unsaturated/α-hetero) is 2. The zero-order valence-electron chi connectivity index (χ0n) is 13.3. The fourth-order valence-corrected chi connectivity index (χ4v) is 1.85. The smallest absolute Gasteiger partial charge is 0.139 e. The third kappa shape index (κ3) is 8.43. The lowest BCUT2D eigenvalue weighted by molar-refractivity contribution is -0.126. The van der Waals surface area contributed by atoms with Crippen molar-refractivity contribution in [2.75, 3.05) is 12.5 Å². The third-order valence-corrected chi connectivity index (χ3v) is 4.07. The monoisotopic (exact) mass is 288 g/mol. The molecule has 0 bridgehead atoms. The van der Waals surface area contributed by atoms with E-state index < -0.39 is 0 Å². The van der Waals surface area contributed by atoms with Crippen LogP contribution in [0, 0.1) is 10.8 Å². The number of thioether (sulfide) groups is 1. The zero-order valence-corrected chi connectivity index (χ0v) is 14.1. The Hall–Kier alpha value is -0.350. The SMILES string of the molecule is CC(=O)C(C)(C)C.CC(C)(C)C(=O)CC1COCS1. The van der Waals surface area contributed by atoms with E-state index in [0.29, 0.717) is 17.5 Å². The Kier molecular flexibility index (Phi) is 7.30. The van der Waals surface area contributed by atoms with Gasteiger partial charge in [-0.3, -0.25) is 9.59 Å². The van der Waals surface area contributed by atoms with Gasteiger partial charge in [0.25, 0.3) is 0 Å². The lowest BCUT2D eigenvalue weighted by Gasteiger charge is -2.17. The molecule has 0 saturated carbocycles. The number of ether oxygens (including phenoxy) is 1. The molecule has 4 heteroatoms. The first-order valence-corrected chi connectivity index (χ1v) is 7.73. The summed E-state index contributed by atoms with van der Waals surface area (Å²) in [5, 5.41) is 0.400. The van der Waals surface area contributed by atoms with Crippen LogP contribution in [0.25, 0.3) is 0 Å². The largest absolute Gasteiger partial charge is 0.370 e. The van der Waals surface area contributed by atoms with Crippen LogP contribution in [0.15, 0.2) is 0 Å². The summed E-state index contributed by atoms with van der Waals surface area (Å²) in [6, 6.07) is 0. The molecule has 0 spiro atoms. The lowest BCUT2D eigenvalue weighted by Crippen LogP contribution is -2.24. The zero-order chi connectivity index (χ0) is 15.3. The molecule has 19 heavy (non-hydrogen) atoms. The summed E-state index contributed by atoms with van der Waals surface area (Å²) in [4.78, 5) is 22.0. The maximum Gasteiger partial charge on any atom is 0.139 e. The lowest BCUT2D eigenvalue weighted by atomic mass is 9.88. The fraction of sp³-hybridized carbons (Fsp3) is 0.867. The van der Waals surface area contributed by atoms with Crippen LogP contribution in [0.4, 0.5) is 0 Å². The van der Waals surface area contributed by atoms with Gasteiger partial charge in [-0.2, -0.15) is 0 Å². The van der Waals surface area contributed by atoms with Crippen molar-refractivity contribution in [2.45, 2.75) is 60.1 Å². The Bertz CT molecular complexity index is 304. The van der Waals surface area contributed by atoms with Crippen molar-refractivity contribution in [1.82, 2.24) is 0 Å². The van der Waals surface area contributed by atoms with Gasteiger partial charge in [-0.25, -0.2) is 0 Å². The van der Waals surface area contributed by atoms with E-state index in [9.17, 15) is 9.59 Å². The summed E-state index contributed by atoms with van der Waals surface area (Å²) < 4.78 is 5.18. The molecule has 0 N–H and O–H groups in total. The minimum absolute atomic E-state index is 0.139. The van der Waals surface area contributed by atoms with Crippen molar-refractivity contribution in [3.05, 3.63) is 0 Å². The highest BCUT2D eigenvalue weighted by molar-refractivity contribution is 8.00. The van der Waals surface area contributed by atoms with Gasteiger partial charge in [0.15, 0.2) is 0 Å². The summed E-state index contributed by atoms with van der Waals surface area (Å²) in [6.07, 6.45) is 0.661. The second kappa shape index (κ2) is 7.44. The summed E-state index contributed by atoms with van der Waals surface area (Å²) in [6.45, 7) is 14.0. The summed E-state index contributed by atoms with van der Waals surface area (Å²) in [7, 11) is 0. The number of ketones is 2. The average Bonchev–Trinajstić information content (AvgIpc) is 2.68. The van der Waals surface area contributed by atoms with Crippen LogP contribution in [0.1, 0.15) is 54.9 Å². The maximum absolute atomic E-state index is 11.6. The molecule has 1 atom stereocenters. The second-order valence-electron chi connectivity index (χ2n) is 6.96. The van der Waals surface area contributed by atoms with E-state index >= 15 is 0 Å². The second-order valence-corrected chi connectivity index (χ2v) is 8.20. The Labute approximate surface area is 121 Å². The number of carbonyl (C=O) groups is 2. The average molecular weight is 288 g/mol. The molecule has 0 radical (unpaired) electrons. The van der Waals surface area contributed by atoms with Crippen LogP contribution in [-0.4, -0.2) is 29.4 Å². The molecule has 1 fully saturated rings. The first-order chi connectivity index (χ1) is 8.44. The summed E-state index contributed by atoms with van der Waals surface area (Å²) >= 11 is 1.74. The van der Waals surface area contributed by atoms with Crippen molar-refractivity contribution in [2.24, 2.45) is 10.8 Å². The van der Waals surface area contributed by atoms with Gasteiger partial charge in [0.1, 0.15) is 11.6 Å². The normalized spacial score (nSPS) is 19.6. The van der Waals surface area contributed by atoms with Gasteiger partial charge in [-0.05, 0) is 6.92 Å². The first kappa shape index (κ1) is 18.7. The minimum Gasteiger partial charge on any atom is -0.370 e. The molecule has 0 aromatic carbocycles. The van der Waals surface area contributed by atoms with Crippen molar-refractivity contribution in [1.29, 1.82) is 0 Å². The van der Waals surface area contributed by atoms with Gasteiger partial charge in [0.05, 0.1) is 12.5 Å². The van der Waals surface area contributed by atoms with Gasteiger partial charge in [-0.15, -0.1) is 11.8 Å². The van der Waals surface area contributed by atoms with Gasteiger partial charge in [0, 0.05) is 22.5 Å². The van der Waals surface area contributed by atoms with Crippen LogP contribution in [-0.2, 0) is 14.3 Å². The van der Waals surface area contributed by atoms with Gasteiger partial charge in [-0.1, -0.05) is 41.5 Å². The van der Waals surface area contributed by atoms with Crippen LogP contribution in [0.3, 0.4) is 0 Å². The predicted molar refractivity (Wildman–Crippen MR) is 81.4 cm³/mol. The Morgan fingerprint density at radius 1 is 1.11 bits per heavy atom. The Morgan fingerprint density at radius 3 is 1.84 bits per heavy atom. The molecule has 1 saturated heterocycles. The van der Waals surface area contributed by atoms with Crippen molar-refractivity contribution in [3.8, 4) is 0 Å². The molecule has 1 aliphatic rings. The molecular formula is C15H28O3S. The fourth-order valence-electron chi connectivity index (χ4n) is 1.00. The van der Waals surface area contributed by atoms with Gasteiger partial charge in [0.2, 0.25) is 0 Å². The predicted octanol–water partition coefficient (Wildman–Crippen LogP) is 3.70. The molecule has 0 aromatic rings. The van der Waals surface area contributed by atoms with E-state index in [-0.39, 0.29) is 16.6 Å². The molecule has 1 rings (SSSR count). The van der Waals surface area contributed by atoms with Crippen molar-refractivity contribution < 1.29 is 14.3 Å². The first-order valence-electron chi connectivity index (χ1n) is 6.68. The molecule has 1 aliphatic heterocycles. The van der Waals surface area contributed by atoms with Crippen molar-refractivity contribution >= 4 is 23.3 Å². The molecule has 1 heterocycles. The van der Waals surface area contributed by atoms with Crippen LogP contribution < -0.4 is 0 Å². The third-order valence-electron chi connectivity index (χ3n) is 3.00. The molecular weight excluding hydrogens is 260 g/mol. The molecule has 0 aliphatic carbocycles. The van der Waals surface area contributed by atoms with Gasteiger partial charge < -0.3 is 4.74 Å². The van der Waals surface area contributed by atoms with Gasteiger partial charge >= 0.3 is 0 Å². The van der Waals surface area contributed by atoms with Crippen molar-refractivity contribution in [3.63, 3.8) is 0 Å². The van der Waals surface area contributed by atoms with E-state index in [0.717, 1.165) is 12.5 Å². The molecule has 112 valence electrons. The van der Waals surface area contributed by atoms with Crippen LogP contribution in [0.2, 0.25) is 0 Å². The number of hydrogen-bond acceptors (Lipinski definition) is 4. The Morgan fingerprint density at radius 2 is 1.58 bits per heavy atom. The Balaban J connectivity index is 0.000000399. The number of rotatable bonds is 2. The highest BCUT2D eigenvalue weighted by Crippen LogP contribution is 2.26. The summed E-state index contributed by atoms with van der Waals surface area (Å²) in [5.41, 5.74) is -0.330.